The second-order valence-electron chi connectivity index (χ2n) is 9.54. The first-order valence-electron chi connectivity index (χ1n) is 12.8. The molecule has 2 aliphatic rings. The summed E-state index contributed by atoms with van der Waals surface area (Å²) in [7, 11) is 0. The molecule has 0 unspecified atom stereocenters. The van der Waals surface area contributed by atoms with Gasteiger partial charge < -0.3 is 15.5 Å². The first-order chi connectivity index (χ1) is 17.4. The average molecular weight is 516 g/mol. The number of hydrogen-bond donors (Lipinski definition) is 4. The maximum absolute atomic E-state index is 11.4. The van der Waals surface area contributed by atoms with E-state index in [0.717, 1.165) is 29.6 Å². The number of benzene rings is 2. The highest BCUT2D eigenvalue weighted by atomic mass is 32.2. The molecule has 0 spiro atoms. The van der Waals surface area contributed by atoms with Crippen LogP contribution >= 0.6 is 11.9 Å². The van der Waals surface area contributed by atoms with Crippen LogP contribution in [0.3, 0.4) is 0 Å². The lowest BCUT2D eigenvalue weighted by molar-refractivity contribution is -0.387. The van der Waals surface area contributed by atoms with E-state index in [-0.39, 0.29) is 17.9 Å². The molecular formula is C27H37N3O5S. The van der Waals surface area contributed by atoms with E-state index >= 15 is 0 Å². The minimum atomic E-state index is -1.07. The molecule has 0 aromatic heterocycles. The Hall–Kier alpha value is -2.62. The number of phenols is 1. The fourth-order valence-electron chi connectivity index (χ4n) is 4.75. The van der Waals surface area contributed by atoms with Crippen LogP contribution in [0.15, 0.2) is 53.4 Å². The summed E-state index contributed by atoms with van der Waals surface area (Å²) in [5.74, 6) is -0.966. The van der Waals surface area contributed by atoms with E-state index in [1.165, 1.54) is 82.4 Å². The maximum Gasteiger partial charge on any atom is 0.321 e. The minimum Gasteiger partial charge on any atom is -0.508 e. The number of phenolic OH excluding ortho intramolecular Hbond substituents is 1. The first kappa shape index (κ1) is 28.0. The number of carboxylic acid groups (broad SMARTS) is 1. The Labute approximate surface area is 217 Å². The monoisotopic (exact) mass is 515 g/mol. The van der Waals surface area contributed by atoms with Gasteiger partial charge in [0.1, 0.15) is 16.7 Å². The lowest BCUT2D eigenvalue weighted by Gasteiger charge is -2.30. The molecule has 0 heterocycles. The van der Waals surface area contributed by atoms with Gasteiger partial charge in [0.15, 0.2) is 0 Å². The zero-order valence-corrected chi connectivity index (χ0v) is 21.4. The Kier molecular flexibility index (Phi) is 11.5. The van der Waals surface area contributed by atoms with Gasteiger partial charge in [-0.15, -0.1) is 0 Å². The summed E-state index contributed by atoms with van der Waals surface area (Å²) in [5.41, 5.74) is 0.643. The van der Waals surface area contributed by atoms with Gasteiger partial charge in [0.25, 0.3) is 5.69 Å². The van der Waals surface area contributed by atoms with Crippen molar-refractivity contribution in [2.45, 2.75) is 93.7 Å². The summed E-state index contributed by atoms with van der Waals surface area (Å²) >= 11 is 0.912. The highest BCUT2D eigenvalue weighted by Gasteiger charge is 2.21. The largest absolute Gasteiger partial charge is 0.508 e. The second-order valence-corrected chi connectivity index (χ2v) is 10.4. The number of carbonyl (C=O) groups is 1. The molecule has 0 saturated heterocycles. The predicted octanol–water partition coefficient (Wildman–Crippen LogP) is 5.83. The van der Waals surface area contributed by atoms with E-state index in [1.807, 2.05) is 0 Å². The molecule has 0 bridgehead atoms. The van der Waals surface area contributed by atoms with E-state index in [4.69, 9.17) is 0 Å². The molecule has 9 heteroatoms. The molecule has 4 rings (SSSR count). The van der Waals surface area contributed by atoms with Crippen molar-refractivity contribution >= 4 is 23.6 Å². The van der Waals surface area contributed by atoms with Crippen molar-refractivity contribution in [2.75, 3.05) is 0 Å². The third kappa shape index (κ3) is 9.44. The number of nitrogens with one attached hydrogen (secondary N) is 2. The Morgan fingerprint density at radius 1 is 0.944 bits per heavy atom. The molecule has 0 amide bonds. The van der Waals surface area contributed by atoms with E-state index in [9.17, 15) is 25.1 Å². The van der Waals surface area contributed by atoms with Crippen LogP contribution in [-0.4, -0.2) is 39.2 Å². The topological polar surface area (TPSA) is 125 Å². The van der Waals surface area contributed by atoms with Crippen LogP contribution in [0.25, 0.3) is 0 Å². The summed E-state index contributed by atoms with van der Waals surface area (Å²) in [6.07, 6.45) is 14.7. The van der Waals surface area contributed by atoms with E-state index < -0.39 is 16.9 Å². The molecule has 196 valence electrons. The Bertz CT molecular complexity index is 944. The van der Waals surface area contributed by atoms with Crippen LogP contribution < -0.4 is 10.0 Å². The Morgan fingerprint density at radius 2 is 1.50 bits per heavy atom. The smallest absolute Gasteiger partial charge is 0.321 e. The molecule has 2 aliphatic carbocycles. The van der Waals surface area contributed by atoms with Crippen LogP contribution in [0.1, 0.15) is 69.8 Å². The molecule has 2 fully saturated rings. The van der Waals surface area contributed by atoms with Crippen molar-refractivity contribution in [3.8, 4) is 5.75 Å². The van der Waals surface area contributed by atoms with Crippen molar-refractivity contribution in [3.05, 3.63) is 64.2 Å². The number of nitro groups is 1. The molecule has 0 aliphatic heterocycles. The maximum atomic E-state index is 11.4. The number of nitrogens with zero attached hydrogens (tertiary/aromatic N) is 1. The van der Waals surface area contributed by atoms with Crippen molar-refractivity contribution < 1.29 is 19.9 Å². The third-order valence-corrected chi connectivity index (χ3v) is 7.70. The van der Waals surface area contributed by atoms with E-state index in [2.05, 4.69) is 10.0 Å². The zero-order chi connectivity index (χ0) is 25.8. The molecule has 2 saturated carbocycles. The number of aromatic hydroxyl groups is 1. The van der Waals surface area contributed by atoms with Crippen molar-refractivity contribution in [2.24, 2.45) is 0 Å². The molecular weight excluding hydrogens is 478 g/mol. The number of carboxylic acids is 1. The molecule has 2 aromatic carbocycles. The summed E-state index contributed by atoms with van der Waals surface area (Å²) in [5, 5.41) is 33.3. The van der Waals surface area contributed by atoms with E-state index in [0.29, 0.717) is 4.90 Å². The van der Waals surface area contributed by atoms with Gasteiger partial charge in [-0.3, -0.25) is 14.9 Å². The lowest BCUT2D eigenvalue weighted by atomic mass is 9.91. The molecule has 36 heavy (non-hydrogen) atoms. The van der Waals surface area contributed by atoms with Crippen molar-refractivity contribution in [3.63, 3.8) is 0 Å². The third-order valence-electron chi connectivity index (χ3n) is 6.73. The van der Waals surface area contributed by atoms with Gasteiger partial charge in [-0.25, -0.2) is 4.72 Å². The van der Waals surface area contributed by atoms with Crippen LogP contribution in [0.2, 0.25) is 0 Å². The van der Waals surface area contributed by atoms with Gasteiger partial charge in [0.2, 0.25) is 0 Å². The summed E-state index contributed by atoms with van der Waals surface area (Å²) in [6, 6.07) is 13.1. The van der Waals surface area contributed by atoms with Crippen molar-refractivity contribution in [1.29, 1.82) is 0 Å². The quantitative estimate of drug-likeness (QED) is 0.187. The van der Waals surface area contributed by atoms with Gasteiger partial charge in [-0.2, -0.15) is 0 Å². The molecule has 1 atom stereocenters. The van der Waals surface area contributed by atoms with Gasteiger partial charge in [-0.1, -0.05) is 62.8 Å². The highest BCUT2D eigenvalue weighted by molar-refractivity contribution is 7.97. The van der Waals surface area contributed by atoms with Crippen LogP contribution in [0, 0.1) is 10.1 Å². The van der Waals surface area contributed by atoms with Crippen LogP contribution in [0.5, 0.6) is 5.75 Å². The molecule has 4 N–H and O–H groups in total. The molecule has 0 radical (unpaired) electrons. The van der Waals surface area contributed by atoms with Gasteiger partial charge in [0.05, 0.1) is 4.92 Å². The molecule has 8 nitrogen and oxygen atoms in total. The molecule has 2 aromatic rings. The fraction of sp³-hybridized carbons (Fsp3) is 0.519. The lowest BCUT2D eigenvalue weighted by Crippen LogP contribution is -2.40. The predicted molar refractivity (Wildman–Crippen MR) is 142 cm³/mol. The summed E-state index contributed by atoms with van der Waals surface area (Å²) < 4.78 is 2.74. The second kappa shape index (κ2) is 14.8. The number of aliphatic carboxylic acids is 1. The first-order valence-corrected chi connectivity index (χ1v) is 13.7. The van der Waals surface area contributed by atoms with Crippen molar-refractivity contribution in [1.82, 2.24) is 10.0 Å². The Morgan fingerprint density at radius 3 is 2.03 bits per heavy atom. The van der Waals surface area contributed by atoms with Gasteiger partial charge >= 0.3 is 5.97 Å². The Balaban J connectivity index is 0.000000233. The summed E-state index contributed by atoms with van der Waals surface area (Å²) in [4.78, 5) is 22.1. The number of hydrogen-bond acceptors (Lipinski definition) is 7. The standard InChI is InChI=1S/C15H14N2O5S.C12H23N/c18-11-7-5-10(6-8-11)9-12(15(19)20)16-23-14-4-2-1-3-13(14)17(21)22;1-3-7-11(8-4-1)13-12-9-5-2-6-10-12/h1-8,12,16,18H,9H2,(H,19,20);11-13H,1-10H2/t12-;/m0./s1. The SMILES string of the molecule is C1CCC(NC2CCCCC2)CC1.O=C(O)[C@H](Cc1ccc(O)cc1)NSc1ccccc1[N+](=O)[O-]. The number of nitro benzene ring substituents is 1. The van der Waals surface area contributed by atoms with E-state index in [1.54, 1.807) is 30.3 Å². The number of para-hydroxylation sites is 1. The average Bonchev–Trinajstić information content (AvgIpc) is 2.89. The van der Waals surface area contributed by atoms with Crippen LogP contribution in [0.4, 0.5) is 5.69 Å². The fourth-order valence-corrected chi connectivity index (χ4v) is 5.60. The normalized spacial score (nSPS) is 17.6. The minimum absolute atomic E-state index is 0.0845. The van der Waals surface area contributed by atoms with Gasteiger partial charge in [0, 0.05) is 18.2 Å². The highest BCUT2D eigenvalue weighted by Crippen LogP contribution is 2.27. The van der Waals surface area contributed by atoms with Gasteiger partial charge in [-0.05, 0) is 67.8 Å². The summed E-state index contributed by atoms with van der Waals surface area (Å²) in [6.45, 7) is 0. The zero-order valence-electron chi connectivity index (χ0n) is 20.6. The number of rotatable bonds is 9. The van der Waals surface area contributed by atoms with Crippen LogP contribution in [-0.2, 0) is 11.2 Å².